The third-order valence-corrected chi connectivity index (χ3v) is 3.37. The first-order valence-corrected chi connectivity index (χ1v) is 5.47. The molecule has 0 amide bonds. The van der Waals surface area contributed by atoms with Crippen LogP contribution in [-0.2, 0) is 10.2 Å². The van der Waals surface area contributed by atoms with Crippen molar-refractivity contribution < 1.29 is 4.79 Å². The number of carbonyl (C=O) groups is 1. The van der Waals surface area contributed by atoms with Crippen LogP contribution in [0.15, 0.2) is 18.2 Å². The molecular weight excluding hydrogens is 183 g/mol. The monoisotopic (exact) mass is 199 g/mol. The van der Waals surface area contributed by atoms with Crippen molar-refractivity contribution in [1.29, 1.82) is 0 Å². The number of aldehydes is 1. The van der Waals surface area contributed by atoms with Crippen molar-refractivity contribution in [2.24, 2.45) is 0 Å². The molecule has 0 bridgehead atoms. The van der Waals surface area contributed by atoms with Gasteiger partial charge in [0.15, 0.2) is 7.28 Å². The summed E-state index contributed by atoms with van der Waals surface area (Å²) in [4.78, 5) is 10.8. The maximum absolute atomic E-state index is 10.8. The van der Waals surface area contributed by atoms with Gasteiger partial charge < -0.3 is 4.79 Å². The topological polar surface area (TPSA) is 17.1 Å². The normalized spacial score (nSPS) is 19.1. The Morgan fingerprint density at radius 1 is 1.47 bits per heavy atom. The predicted molar refractivity (Wildman–Crippen MR) is 64.1 cm³/mol. The Labute approximate surface area is 92.1 Å². The summed E-state index contributed by atoms with van der Waals surface area (Å²) in [6.07, 6.45) is 2.11. The number of rotatable bonds is 2. The van der Waals surface area contributed by atoms with E-state index >= 15 is 0 Å². The van der Waals surface area contributed by atoms with Gasteiger partial charge in [0.2, 0.25) is 0 Å². The maximum atomic E-state index is 10.8. The van der Waals surface area contributed by atoms with Crippen LogP contribution in [0.2, 0.25) is 6.32 Å². The molecule has 0 saturated heterocycles. The van der Waals surface area contributed by atoms with Gasteiger partial charge in [0.1, 0.15) is 6.29 Å². The molecule has 0 aromatic heterocycles. The van der Waals surface area contributed by atoms with E-state index in [0.717, 1.165) is 18.2 Å². The molecule has 1 aromatic carbocycles. The van der Waals surface area contributed by atoms with E-state index in [1.807, 2.05) is 6.92 Å². The fourth-order valence-electron chi connectivity index (χ4n) is 2.17. The van der Waals surface area contributed by atoms with E-state index in [1.54, 1.807) is 0 Å². The minimum absolute atomic E-state index is 0.00620. The second-order valence-electron chi connectivity index (χ2n) is 5.06. The van der Waals surface area contributed by atoms with Crippen molar-refractivity contribution in [3.05, 3.63) is 29.3 Å². The lowest BCUT2D eigenvalue weighted by atomic mass is 9.69. The van der Waals surface area contributed by atoms with E-state index in [0.29, 0.717) is 0 Å². The zero-order chi connectivity index (χ0) is 11.1. The third-order valence-electron chi connectivity index (χ3n) is 3.37. The highest BCUT2D eigenvalue weighted by atomic mass is 16.1. The quantitative estimate of drug-likeness (QED) is 0.526. The van der Waals surface area contributed by atoms with Crippen molar-refractivity contribution in [2.45, 2.75) is 38.4 Å². The fourth-order valence-corrected chi connectivity index (χ4v) is 2.17. The standard InChI is InChI=1S/C13H16BO/c1-9(7-15)10-4-5-12-11(6-10)13(2,3)8-14-12/h4-7,9H,8H2,1-3H3. The number of fused-ring (bicyclic) bond motifs is 1. The van der Waals surface area contributed by atoms with Crippen LogP contribution in [0.25, 0.3) is 0 Å². The minimum Gasteiger partial charge on any atom is -0.303 e. The Balaban J connectivity index is 2.46. The highest BCUT2D eigenvalue weighted by Gasteiger charge is 2.30. The molecule has 1 atom stereocenters. The molecule has 0 spiro atoms. The van der Waals surface area contributed by atoms with Crippen LogP contribution in [-0.4, -0.2) is 13.6 Å². The first-order chi connectivity index (χ1) is 7.04. The summed E-state index contributed by atoms with van der Waals surface area (Å²) in [5.74, 6) is 0.00620. The SMILES string of the molecule is CC(C=O)c1ccc2c(c1)C(C)(C)C[B]2. The molecule has 1 radical (unpaired) electrons. The van der Waals surface area contributed by atoms with Crippen molar-refractivity contribution in [3.63, 3.8) is 0 Å². The van der Waals surface area contributed by atoms with E-state index in [1.165, 1.54) is 11.0 Å². The van der Waals surface area contributed by atoms with E-state index in [-0.39, 0.29) is 11.3 Å². The van der Waals surface area contributed by atoms with Gasteiger partial charge in [0.05, 0.1) is 0 Å². The predicted octanol–water partition coefficient (Wildman–Crippen LogP) is 2.03. The highest BCUT2D eigenvalue weighted by Crippen LogP contribution is 2.32. The first kappa shape index (κ1) is 10.5. The first-order valence-electron chi connectivity index (χ1n) is 5.47. The number of benzene rings is 1. The van der Waals surface area contributed by atoms with Gasteiger partial charge in [-0.3, -0.25) is 0 Å². The molecule has 1 aliphatic heterocycles. The van der Waals surface area contributed by atoms with E-state index in [9.17, 15) is 4.79 Å². The fraction of sp³-hybridized carbons (Fsp3) is 0.462. The van der Waals surface area contributed by atoms with Gasteiger partial charge in [-0.2, -0.15) is 0 Å². The summed E-state index contributed by atoms with van der Waals surface area (Å²) in [7, 11) is 2.28. The molecule has 1 nitrogen and oxygen atoms in total. The average Bonchev–Trinajstić information content (AvgIpc) is 2.53. The van der Waals surface area contributed by atoms with Gasteiger partial charge in [-0.15, -0.1) is 0 Å². The summed E-state index contributed by atoms with van der Waals surface area (Å²) in [5.41, 5.74) is 4.08. The van der Waals surface area contributed by atoms with Gasteiger partial charge in [-0.1, -0.05) is 50.8 Å². The smallest absolute Gasteiger partial charge is 0.152 e. The molecule has 2 heteroatoms. The lowest BCUT2D eigenvalue weighted by Gasteiger charge is -2.20. The second kappa shape index (κ2) is 3.51. The lowest BCUT2D eigenvalue weighted by Crippen LogP contribution is -2.16. The Morgan fingerprint density at radius 2 is 2.20 bits per heavy atom. The van der Waals surface area contributed by atoms with Crippen molar-refractivity contribution in [2.75, 3.05) is 0 Å². The zero-order valence-corrected chi connectivity index (χ0v) is 9.58. The van der Waals surface area contributed by atoms with Crippen LogP contribution in [0.1, 0.15) is 37.8 Å². The molecular formula is C13H16BO. The molecule has 1 heterocycles. The van der Waals surface area contributed by atoms with Crippen molar-refractivity contribution in [3.8, 4) is 0 Å². The maximum Gasteiger partial charge on any atom is 0.152 e. The molecule has 1 aliphatic rings. The van der Waals surface area contributed by atoms with Crippen LogP contribution < -0.4 is 5.46 Å². The molecule has 15 heavy (non-hydrogen) atoms. The molecule has 0 saturated carbocycles. The molecule has 0 fully saturated rings. The second-order valence-corrected chi connectivity index (χ2v) is 5.06. The summed E-state index contributed by atoms with van der Waals surface area (Å²) >= 11 is 0. The average molecular weight is 199 g/mol. The Morgan fingerprint density at radius 3 is 2.87 bits per heavy atom. The number of hydrogen-bond donors (Lipinski definition) is 0. The zero-order valence-electron chi connectivity index (χ0n) is 9.58. The van der Waals surface area contributed by atoms with Crippen LogP contribution in [0.5, 0.6) is 0 Å². The van der Waals surface area contributed by atoms with Crippen LogP contribution >= 0.6 is 0 Å². The minimum atomic E-state index is 0.00620. The summed E-state index contributed by atoms with van der Waals surface area (Å²) in [5, 5.41) is 0. The third kappa shape index (κ3) is 1.73. The number of hydrogen-bond acceptors (Lipinski definition) is 1. The molecule has 1 aromatic rings. The molecule has 2 rings (SSSR count). The highest BCUT2D eigenvalue weighted by molar-refractivity contribution is 6.56. The van der Waals surface area contributed by atoms with Crippen LogP contribution in [0.3, 0.4) is 0 Å². The van der Waals surface area contributed by atoms with E-state index in [2.05, 4.69) is 39.3 Å². The van der Waals surface area contributed by atoms with Gasteiger partial charge in [-0.05, 0) is 16.5 Å². The van der Waals surface area contributed by atoms with Gasteiger partial charge in [-0.25, -0.2) is 0 Å². The van der Waals surface area contributed by atoms with E-state index < -0.39 is 0 Å². The summed E-state index contributed by atoms with van der Waals surface area (Å²) in [6.45, 7) is 6.45. The van der Waals surface area contributed by atoms with Crippen LogP contribution in [0, 0.1) is 0 Å². The van der Waals surface area contributed by atoms with Crippen LogP contribution in [0.4, 0.5) is 0 Å². The number of carbonyl (C=O) groups excluding carboxylic acids is 1. The molecule has 77 valence electrons. The summed E-state index contributed by atoms with van der Waals surface area (Å²) in [6, 6.07) is 6.40. The molecule has 0 N–H and O–H groups in total. The van der Waals surface area contributed by atoms with Crippen molar-refractivity contribution in [1.82, 2.24) is 0 Å². The van der Waals surface area contributed by atoms with E-state index in [4.69, 9.17) is 0 Å². The molecule has 1 unspecified atom stereocenters. The Hall–Kier alpha value is -1.05. The van der Waals surface area contributed by atoms with Gasteiger partial charge in [0, 0.05) is 5.92 Å². The Kier molecular flexibility index (Phi) is 2.45. The van der Waals surface area contributed by atoms with Gasteiger partial charge in [0.25, 0.3) is 0 Å². The summed E-state index contributed by atoms with van der Waals surface area (Å²) < 4.78 is 0. The Bertz CT molecular complexity index is 396. The molecule has 0 aliphatic carbocycles. The largest absolute Gasteiger partial charge is 0.303 e. The van der Waals surface area contributed by atoms with Crippen molar-refractivity contribution >= 4 is 19.0 Å². The van der Waals surface area contributed by atoms with Gasteiger partial charge >= 0.3 is 0 Å². The lowest BCUT2D eigenvalue weighted by molar-refractivity contribution is -0.108.